The normalized spacial score (nSPS) is 11.0. The molecule has 2 aromatic rings. The van der Waals surface area contributed by atoms with E-state index in [-0.39, 0.29) is 16.7 Å². The zero-order chi connectivity index (χ0) is 20.2. The third-order valence-electron chi connectivity index (χ3n) is 4.01. The van der Waals surface area contributed by atoms with E-state index in [4.69, 9.17) is 4.74 Å². The lowest BCUT2D eigenvalue weighted by Gasteiger charge is -2.19. The molecule has 1 amide bonds. The fourth-order valence-electron chi connectivity index (χ4n) is 2.53. The van der Waals surface area contributed by atoms with Crippen LogP contribution in [0.25, 0.3) is 0 Å². The Hall–Kier alpha value is -3.22. The summed E-state index contributed by atoms with van der Waals surface area (Å²) in [6.45, 7) is 7.26. The molecule has 27 heavy (non-hydrogen) atoms. The van der Waals surface area contributed by atoms with Crippen molar-refractivity contribution in [1.29, 1.82) is 0 Å². The van der Waals surface area contributed by atoms with Crippen LogP contribution >= 0.6 is 0 Å². The molecule has 0 aromatic heterocycles. The summed E-state index contributed by atoms with van der Waals surface area (Å²) in [7, 11) is 0. The molecule has 0 saturated carbocycles. The predicted octanol–water partition coefficient (Wildman–Crippen LogP) is 4.00. The van der Waals surface area contributed by atoms with Crippen molar-refractivity contribution in [3.63, 3.8) is 0 Å². The summed E-state index contributed by atoms with van der Waals surface area (Å²) < 4.78 is 4.93. The summed E-state index contributed by atoms with van der Waals surface area (Å²) >= 11 is 0. The van der Waals surface area contributed by atoms with Gasteiger partial charge in [0.2, 0.25) is 0 Å². The van der Waals surface area contributed by atoms with Crippen LogP contribution in [0.5, 0.6) is 0 Å². The van der Waals surface area contributed by atoms with Crippen molar-refractivity contribution in [2.45, 2.75) is 33.1 Å². The van der Waals surface area contributed by atoms with E-state index in [1.54, 1.807) is 12.1 Å². The van der Waals surface area contributed by atoms with Gasteiger partial charge in [-0.2, -0.15) is 0 Å². The molecule has 2 rings (SSSR count). The first-order valence-corrected chi connectivity index (χ1v) is 8.41. The molecule has 7 nitrogen and oxygen atoms in total. The van der Waals surface area contributed by atoms with Gasteiger partial charge in [-0.1, -0.05) is 45.0 Å². The van der Waals surface area contributed by atoms with E-state index in [0.29, 0.717) is 11.3 Å². The highest BCUT2D eigenvalue weighted by Crippen LogP contribution is 2.24. The second-order valence-electron chi connectivity index (χ2n) is 7.18. The van der Waals surface area contributed by atoms with Gasteiger partial charge >= 0.3 is 5.97 Å². The zero-order valence-electron chi connectivity index (χ0n) is 15.7. The van der Waals surface area contributed by atoms with Gasteiger partial charge in [0, 0.05) is 11.3 Å². The van der Waals surface area contributed by atoms with Crippen LogP contribution in [0.1, 0.15) is 42.3 Å². The number of carbonyl (C=O) groups excluding carboxylic acids is 2. The lowest BCUT2D eigenvalue weighted by atomic mass is 9.87. The second kappa shape index (κ2) is 7.99. The van der Waals surface area contributed by atoms with Gasteiger partial charge in [0.05, 0.1) is 4.92 Å². The van der Waals surface area contributed by atoms with Crippen molar-refractivity contribution >= 4 is 23.3 Å². The number of aryl methyl sites for hydroxylation is 1. The standard InChI is InChI=1S/C20H22N2O5/c1-13-6-5-7-16(18(13)22(25)26)19(24)27-12-17(23)21-15-10-8-14(9-11-15)20(2,3)4/h5-11H,12H2,1-4H3,(H,21,23). The van der Waals surface area contributed by atoms with E-state index < -0.39 is 23.4 Å². The minimum atomic E-state index is -0.913. The van der Waals surface area contributed by atoms with Crippen molar-refractivity contribution < 1.29 is 19.2 Å². The van der Waals surface area contributed by atoms with Crippen LogP contribution in [-0.4, -0.2) is 23.4 Å². The van der Waals surface area contributed by atoms with Crippen molar-refractivity contribution in [2.75, 3.05) is 11.9 Å². The van der Waals surface area contributed by atoms with E-state index in [0.717, 1.165) is 5.56 Å². The quantitative estimate of drug-likeness (QED) is 0.487. The number of nitrogens with zero attached hydrogens (tertiary/aromatic N) is 1. The van der Waals surface area contributed by atoms with Gasteiger partial charge in [0.1, 0.15) is 5.56 Å². The molecule has 0 bridgehead atoms. The number of benzene rings is 2. The number of nitro groups is 1. The first kappa shape index (κ1) is 20.1. The highest BCUT2D eigenvalue weighted by molar-refractivity contribution is 5.97. The van der Waals surface area contributed by atoms with Crippen molar-refractivity contribution in [1.82, 2.24) is 0 Å². The van der Waals surface area contributed by atoms with Gasteiger partial charge in [-0.3, -0.25) is 14.9 Å². The first-order chi connectivity index (χ1) is 12.6. The number of esters is 1. The minimum absolute atomic E-state index is 0.000596. The number of rotatable bonds is 5. The van der Waals surface area contributed by atoms with Crippen LogP contribution in [0, 0.1) is 17.0 Å². The Kier molecular flexibility index (Phi) is 5.95. The van der Waals surface area contributed by atoms with E-state index in [1.165, 1.54) is 25.1 Å². The monoisotopic (exact) mass is 370 g/mol. The molecule has 0 spiro atoms. The first-order valence-electron chi connectivity index (χ1n) is 8.41. The molecule has 0 aliphatic heterocycles. The third-order valence-corrected chi connectivity index (χ3v) is 4.01. The largest absolute Gasteiger partial charge is 0.452 e. The number of hydrogen-bond donors (Lipinski definition) is 1. The maximum atomic E-state index is 12.1. The molecule has 0 unspecified atom stereocenters. The average Bonchev–Trinajstić information content (AvgIpc) is 2.58. The number of amides is 1. The molecule has 0 fully saturated rings. The molecule has 0 aliphatic carbocycles. The molecule has 1 N–H and O–H groups in total. The van der Waals surface area contributed by atoms with Gasteiger partial charge in [0.25, 0.3) is 11.6 Å². The van der Waals surface area contributed by atoms with E-state index >= 15 is 0 Å². The van der Waals surface area contributed by atoms with Crippen LogP contribution in [0.4, 0.5) is 11.4 Å². The molecule has 0 radical (unpaired) electrons. The molecule has 0 aliphatic rings. The molecular weight excluding hydrogens is 348 g/mol. The summed E-state index contributed by atoms with van der Waals surface area (Å²) in [5.41, 5.74) is 1.55. The van der Waals surface area contributed by atoms with Crippen LogP contribution < -0.4 is 5.32 Å². The molecule has 0 heterocycles. The zero-order valence-corrected chi connectivity index (χ0v) is 15.7. The van der Waals surface area contributed by atoms with Gasteiger partial charge in [0.15, 0.2) is 6.61 Å². The van der Waals surface area contributed by atoms with Crippen molar-refractivity contribution in [3.8, 4) is 0 Å². The number of nitro benzene ring substituents is 1. The Balaban J connectivity index is 1.99. The van der Waals surface area contributed by atoms with Crippen LogP contribution in [0.3, 0.4) is 0 Å². The average molecular weight is 370 g/mol. The summed E-state index contributed by atoms with van der Waals surface area (Å²) in [5, 5.41) is 13.8. The molecule has 7 heteroatoms. The van der Waals surface area contributed by atoms with Crippen molar-refractivity contribution in [3.05, 3.63) is 69.3 Å². The topological polar surface area (TPSA) is 98.5 Å². The smallest absolute Gasteiger partial charge is 0.345 e. The lowest BCUT2D eigenvalue weighted by Crippen LogP contribution is -2.21. The second-order valence-corrected chi connectivity index (χ2v) is 7.18. The summed E-state index contributed by atoms with van der Waals surface area (Å²) in [6, 6.07) is 11.7. The number of para-hydroxylation sites is 1. The fraction of sp³-hybridized carbons (Fsp3) is 0.300. The van der Waals surface area contributed by atoms with Crippen LogP contribution in [0.15, 0.2) is 42.5 Å². The third kappa shape index (κ3) is 5.13. The Bertz CT molecular complexity index is 867. The molecular formula is C20H22N2O5. The minimum Gasteiger partial charge on any atom is -0.452 e. The number of nitrogens with one attached hydrogen (secondary N) is 1. The summed E-state index contributed by atoms with van der Waals surface area (Å²) in [5.74, 6) is -1.44. The van der Waals surface area contributed by atoms with Crippen LogP contribution in [-0.2, 0) is 14.9 Å². The predicted molar refractivity (Wildman–Crippen MR) is 102 cm³/mol. The molecule has 0 saturated heterocycles. The van der Waals surface area contributed by atoms with E-state index in [2.05, 4.69) is 26.1 Å². The maximum Gasteiger partial charge on any atom is 0.345 e. The fourth-order valence-corrected chi connectivity index (χ4v) is 2.53. The Labute approximate surface area is 157 Å². The number of anilines is 1. The summed E-state index contributed by atoms with van der Waals surface area (Å²) in [4.78, 5) is 34.6. The van der Waals surface area contributed by atoms with Crippen molar-refractivity contribution in [2.24, 2.45) is 0 Å². The summed E-state index contributed by atoms with van der Waals surface area (Å²) in [6.07, 6.45) is 0. The van der Waals surface area contributed by atoms with Gasteiger partial charge < -0.3 is 10.1 Å². The Morgan fingerprint density at radius 1 is 1.11 bits per heavy atom. The van der Waals surface area contributed by atoms with E-state index in [1.807, 2.05) is 12.1 Å². The maximum absolute atomic E-state index is 12.1. The number of hydrogen-bond acceptors (Lipinski definition) is 5. The van der Waals surface area contributed by atoms with Gasteiger partial charge in [-0.15, -0.1) is 0 Å². The Morgan fingerprint density at radius 2 is 1.74 bits per heavy atom. The van der Waals surface area contributed by atoms with Crippen LogP contribution in [0.2, 0.25) is 0 Å². The van der Waals surface area contributed by atoms with Gasteiger partial charge in [-0.25, -0.2) is 4.79 Å². The van der Waals surface area contributed by atoms with Gasteiger partial charge in [-0.05, 0) is 36.1 Å². The lowest BCUT2D eigenvalue weighted by molar-refractivity contribution is -0.385. The highest BCUT2D eigenvalue weighted by atomic mass is 16.6. The SMILES string of the molecule is Cc1cccc(C(=O)OCC(=O)Nc2ccc(C(C)(C)C)cc2)c1[N+](=O)[O-]. The number of carbonyl (C=O) groups is 2. The molecule has 2 aromatic carbocycles. The van der Waals surface area contributed by atoms with E-state index in [9.17, 15) is 19.7 Å². The molecule has 142 valence electrons. The molecule has 0 atom stereocenters. The number of ether oxygens (including phenoxy) is 1. The highest BCUT2D eigenvalue weighted by Gasteiger charge is 2.24. The Morgan fingerprint density at radius 3 is 2.30 bits per heavy atom.